The number of alkyl halides is 3. The van der Waals surface area contributed by atoms with Gasteiger partial charge in [0.15, 0.2) is 5.69 Å². The third kappa shape index (κ3) is 3.36. The highest BCUT2D eigenvalue weighted by molar-refractivity contribution is 5.98. The van der Waals surface area contributed by atoms with Crippen molar-refractivity contribution < 1.29 is 18.0 Å². The van der Waals surface area contributed by atoms with Crippen molar-refractivity contribution in [3.8, 4) is 0 Å². The summed E-state index contributed by atoms with van der Waals surface area (Å²) in [6.07, 6.45) is -0.120. The molecule has 2 aromatic rings. The summed E-state index contributed by atoms with van der Waals surface area (Å²) >= 11 is 0. The third-order valence-corrected chi connectivity index (χ3v) is 2.38. The number of ketones is 1. The number of Topliss-reactive ketones (excluding diaryl/α,β-unsaturated/α-hetero) is 1. The van der Waals surface area contributed by atoms with Crippen LogP contribution in [-0.4, -0.2) is 31.9 Å². The van der Waals surface area contributed by atoms with Gasteiger partial charge in [-0.15, -0.1) is 5.10 Å². The van der Waals surface area contributed by atoms with Gasteiger partial charge in [0.05, 0.1) is 6.20 Å². The van der Waals surface area contributed by atoms with Crippen molar-refractivity contribution in [3.05, 3.63) is 42.0 Å². The van der Waals surface area contributed by atoms with Gasteiger partial charge in [0, 0.05) is 18.9 Å². The Morgan fingerprint density at radius 3 is 2.79 bits per heavy atom. The lowest BCUT2D eigenvalue weighted by atomic mass is 10.2. The van der Waals surface area contributed by atoms with E-state index >= 15 is 0 Å². The molecule has 0 atom stereocenters. The lowest BCUT2D eigenvalue weighted by Crippen LogP contribution is -2.23. The molecule has 0 unspecified atom stereocenters. The van der Waals surface area contributed by atoms with Crippen LogP contribution >= 0.6 is 0 Å². The number of carbonyl (C=O) groups excluding carboxylic acids is 1. The number of pyridine rings is 1. The van der Waals surface area contributed by atoms with Crippen LogP contribution in [0.15, 0.2) is 30.7 Å². The summed E-state index contributed by atoms with van der Waals surface area (Å²) in [5.74, 6) is -1.99. The average Bonchev–Trinajstić information content (AvgIpc) is 2.84. The van der Waals surface area contributed by atoms with Crippen LogP contribution in [0.25, 0.3) is 0 Å². The summed E-state index contributed by atoms with van der Waals surface area (Å²) in [6.45, 7) is 0.323. The number of hydrogen-bond acceptors (Lipinski definition) is 4. The van der Waals surface area contributed by atoms with E-state index in [4.69, 9.17) is 0 Å². The topological polar surface area (TPSA) is 60.7 Å². The molecule has 0 aliphatic rings. The van der Waals surface area contributed by atoms with Crippen LogP contribution in [0, 0.1) is 0 Å². The van der Waals surface area contributed by atoms with Gasteiger partial charge >= 0.3 is 6.18 Å². The molecule has 0 spiro atoms. The monoisotopic (exact) mass is 270 g/mol. The van der Waals surface area contributed by atoms with E-state index < -0.39 is 17.7 Å². The molecule has 0 saturated heterocycles. The minimum absolute atomic E-state index is 0.323. The molecule has 2 aromatic heterocycles. The second kappa shape index (κ2) is 5.17. The predicted octanol–water partition coefficient (Wildman–Crippen LogP) is 1.66. The van der Waals surface area contributed by atoms with Gasteiger partial charge in [-0.3, -0.25) is 14.5 Å². The van der Waals surface area contributed by atoms with Crippen molar-refractivity contribution in [3.63, 3.8) is 0 Å². The van der Waals surface area contributed by atoms with E-state index in [-0.39, 0.29) is 0 Å². The Morgan fingerprint density at radius 1 is 1.37 bits per heavy atom. The van der Waals surface area contributed by atoms with Gasteiger partial charge < -0.3 is 0 Å². The van der Waals surface area contributed by atoms with E-state index in [0.29, 0.717) is 13.0 Å². The zero-order valence-corrected chi connectivity index (χ0v) is 9.63. The predicted molar refractivity (Wildman–Crippen MR) is 58.3 cm³/mol. The highest BCUT2D eigenvalue weighted by atomic mass is 19.4. The molecule has 8 heteroatoms. The van der Waals surface area contributed by atoms with Crippen LogP contribution in [-0.2, 0) is 13.0 Å². The summed E-state index contributed by atoms with van der Waals surface area (Å²) in [7, 11) is 0. The zero-order chi connectivity index (χ0) is 13.9. The first-order valence-electron chi connectivity index (χ1n) is 5.37. The summed E-state index contributed by atoms with van der Waals surface area (Å²) in [5.41, 5.74) is 0.223. The molecule has 0 aliphatic heterocycles. The number of nitrogens with zero attached hydrogens (tertiary/aromatic N) is 4. The Morgan fingerprint density at radius 2 is 2.16 bits per heavy atom. The summed E-state index contributed by atoms with van der Waals surface area (Å²) in [5, 5.41) is 6.71. The SMILES string of the molecule is O=C(c1cn(CCc2cccnc2)nn1)C(F)(F)F. The quantitative estimate of drug-likeness (QED) is 0.793. The summed E-state index contributed by atoms with van der Waals surface area (Å²) in [6, 6.07) is 3.60. The van der Waals surface area contributed by atoms with E-state index in [2.05, 4.69) is 15.3 Å². The standard InChI is InChI=1S/C11H9F3N4O/c12-11(13,14)10(19)9-7-18(17-16-9)5-3-8-2-1-4-15-6-8/h1-2,4,6-7H,3,5H2. The van der Waals surface area contributed by atoms with Gasteiger partial charge in [-0.25, -0.2) is 0 Å². The van der Waals surface area contributed by atoms with Gasteiger partial charge in [0.1, 0.15) is 0 Å². The average molecular weight is 270 g/mol. The number of rotatable bonds is 4. The minimum atomic E-state index is -4.93. The molecular formula is C11H9F3N4O. The maximum atomic E-state index is 12.2. The van der Waals surface area contributed by atoms with E-state index in [1.165, 1.54) is 4.68 Å². The molecular weight excluding hydrogens is 261 g/mol. The highest BCUT2D eigenvalue weighted by Gasteiger charge is 2.41. The Hall–Kier alpha value is -2.25. The van der Waals surface area contributed by atoms with Crippen molar-refractivity contribution in [2.24, 2.45) is 0 Å². The lowest BCUT2D eigenvalue weighted by Gasteiger charge is -2.01. The van der Waals surface area contributed by atoms with Crippen LogP contribution in [0.2, 0.25) is 0 Å². The Labute approximate surface area is 106 Å². The second-order valence-corrected chi connectivity index (χ2v) is 3.81. The zero-order valence-electron chi connectivity index (χ0n) is 9.63. The van der Waals surface area contributed by atoms with Gasteiger partial charge in [-0.1, -0.05) is 11.3 Å². The minimum Gasteiger partial charge on any atom is -0.282 e. The first kappa shape index (κ1) is 13.2. The Kier molecular flexibility index (Phi) is 3.59. The Balaban J connectivity index is 2.00. The number of carbonyl (C=O) groups is 1. The highest BCUT2D eigenvalue weighted by Crippen LogP contribution is 2.19. The summed E-state index contributed by atoms with van der Waals surface area (Å²) in [4.78, 5) is 14.8. The molecule has 0 aromatic carbocycles. The maximum absolute atomic E-state index is 12.2. The van der Waals surface area contributed by atoms with Gasteiger partial charge in [0.2, 0.25) is 0 Å². The first-order chi connectivity index (χ1) is 8.97. The molecule has 0 aliphatic carbocycles. The second-order valence-electron chi connectivity index (χ2n) is 3.81. The van der Waals surface area contributed by atoms with E-state index in [0.717, 1.165) is 11.8 Å². The number of aryl methyl sites for hydroxylation is 2. The van der Waals surface area contributed by atoms with Gasteiger partial charge in [-0.05, 0) is 18.1 Å². The molecule has 0 fully saturated rings. The first-order valence-corrected chi connectivity index (χ1v) is 5.37. The van der Waals surface area contributed by atoms with Crippen molar-refractivity contribution >= 4 is 5.78 Å². The fourth-order valence-electron chi connectivity index (χ4n) is 1.45. The molecule has 0 radical (unpaired) electrons. The van der Waals surface area contributed by atoms with Crippen molar-refractivity contribution in [1.82, 2.24) is 20.0 Å². The normalized spacial score (nSPS) is 11.5. The molecule has 0 N–H and O–H groups in total. The fourth-order valence-corrected chi connectivity index (χ4v) is 1.45. The lowest BCUT2D eigenvalue weighted by molar-refractivity contribution is -0.0888. The van der Waals surface area contributed by atoms with Crippen LogP contribution in [0.3, 0.4) is 0 Å². The number of halogens is 3. The third-order valence-electron chi connectivity index (χ3n) is 2.38. The van der Waals surface area contributed by atoms with Crippen LogP contribution in [0.4, 0.5) is 13.2 Å². The molecule has 100 valence electrons. The van der Waals surface area contributed by atoms with E-state index in [1.807, 2.05) is 6.07 Å². The van der Waals surface area contributed by atoms with Crippen molar-refractivity contribution in [1.29, 1.82) is 0 Å². The largest absolute Gasteiger partial charge is 0.456 e. The molecule has 0 amide bonds. The molecule has 0 saturated carbocycles. The van der Waals surface area contributed by atoms with Crippen molar-refractivity contribution in [2.75, 3.05) is 0 Å². The molecule has 5 nitrogen and oxygen atoms in total. The fraction of sp³-hybridized carbons (Fsp3) is 0.273. The maximum Gasteiger partial charge on any atom is 0.456 e. The number of aromatic nitrogens is 4. The van der Waals surface area contributed by atoms with Gasteiger partial charge in [-0.2, -0.15) is 13.2 Å². The van der Waals surface area contributed by atoms with E-state index in [1.54, 1.807) is 18.5 Å². The molecule has 2 rings (SSSR count). The van der Waals surface area contributed by atoms with Crippen LogP contribution in [0.1, 0.15) is 16.1 Å². The molecule has 0 bridgehead atoms. The van der Waals surface area contributed by atoms with E-state index in [9.17, 15) is 18.0 Å². The molecule has 19 heavy (non-hydrogen) atoms. The number of hydrogen-bond donors (Lipinski definition) is 0. The Bertz CT molecular complexity index is 565. The van der Waals surface area contributed by atoms with Gasteiger partial charge in [0.25, 0.3) is 5.78 Å². The molecule has 2 heterocycles. The van der Waals surface area contributed by atoms with Crippen LogP contribution in [0.5, 0.6) is 0 Å². The summed E-state index contributed by atoms with van der Waals surface area (Å²) < 4.78 is 37.7. The smallest absolute Gasteiger partial charge is 0.282 e. The van der Waals surface area contributed by atoms with Crippen molar-refractivity contribution in [2.45, 2.75) is 19.1 Å². The van der Waals surface area contributed by atoms with Crippen LogP contribution < -0.4 is 0 Å².